The van der Waals surface area contributed by atoms with E-state index >= 15 is 0 Å². The number of nitrogens with zero attached hydrogens (tertiary/aromatic N) is 4. The first-order valence-corrected chi connectivity index (χ1v) is 16.4. The molecule has 9 heteroatoms. The fraction of sp³-hybridized carbons (Fsp3) is 0.400. The summed E-state index contributed by atoms with van der Waals surface area (Å²) in [4.78, 5) is 48.6. The molecule has 1 aromatic heterocycles. The number of pyridine rings is 1. The number of carbonyl (C=O) groups is 3. The van der Waals surface area contributed by atoms with E-state index in [9.17, 15) is 19.6 Å². The lowest BCUT2D eigenvalue weighted by molar-refractivity contribution is -0.139. The van der Waals surface area contributed by atoms with Crippen molar-refractivity contribution in [1.29, 1.82) is 5.26 Å². The van der Waals surface area contributed by atoms with E-state index in [0.717, 1.165) is 62.6 Å². The number of amides is 3. The topological polar surface area (TPSA) is 104 Å². The molecule has 2 fully saturated rings. The second-order valence-electron chi connectivity index (χ2n) is 11.8. The van der Waals surface area contributed by atoms with E-state index in [0.29, 0.717) is 27.9 Å². The predicted molar refractivity (Wildman–Crippen MR) is 168 cm³/mol. The number of methoxy groups -OCH3 is 1. The van der Waals surface area contributed by atoms with E-state index < -0.39 is 6.04 Å². The number of hydrogen-bond donors (Lipinski definition) is 0. The highest BCUT2D eigenvalue weighted by atomic mass is 32.2. The Morgan fingerprint density at radius 2 is 1.80 bits per heavy atom. The van der Waals surface area contributed by atoms with Crippen molar-refractivity contribution in [2.45, 2.75) is 80.8 Å². The maximum Gasteiger partial charge on any atom is 0.257 e. The van der Waals surface area contributed by atoms with Gasteiger partial charge in [0.2, 0.25) is 11.8 Å². The summed E-state index contributed by atoms with van der Waals surface area (Å²) >= 11 is 1.26. The van der Waals surface area contributed by atoms with Gasteiger partial charge in [0.1, 0.15) is 22.9 Å². The number of ether oxygens (including phenoxy) is 1. The number of carbonyl (C=O) groups excluding carboxylic acids is 3. The summed E-state index contributed by atoms with van der Waals surface area (Å²) in [6, 6.07) is 20.5. The number of aromatic nitrogens is 1. The van der Waals surface area contributed by atoms with Gasteiger partial charge >= 0.3 is 0 Å². The van der Waals surface area contributed by atoms with Crippen molar-refractivity contribution >= 4 is 35.2 Å². The second-order valence-corrected chi connectivity index (χ2v) is 12.7. The van der Waals surface area contributed by atoms with Crippen molar-refractivity contribution in [3.05, 3.63) is 83.0 Å². The van der Waals surface area contributed by atoms with Crippen LogP contribution in [0.25, 0.3) is 0 Å². The maximum atomic E-state index is 14.0. The molecule has 3 aliphatic rings. The van der Waals surface area contributed by atoms with E-state index in [4.69, 9.17) is 9.72 Å². The molecule has 0 bridgehead atoms. The molecule has 2 unspecified atom stereocenters. The average Bonchev–Trinajstić information content (AvgIpc) is 3.36. The first-order valence-electron chi connectivity index (χ1n) is 15.4. The minimum Gasteiger partial charge on any atom is -0.497 e. The first kappa shape index (κ1) is 29.9. The van der Waals surface area contributed by atoms with Gasteiger partial charge in [-0.15, -0.1) is 0 Å². The third kappa shape index (κ3) is 6.09. The lowest BCUT2D eigenvalue weighted by Gasteiger charge is -2.37. The minimum atomic E-state index is -0.845. The largest absolute Gasteiger partial charge is 0.497 e. The summed E-state index contributed by atoms with van der Waals surface area (Å²) in [7, 11) is 1.56. The second kappa shape index (κ2) is 13.2. The molecule has 226 valence electrons. The molecule has 1 aliphatic heterocycles. The van der Waals surface area contributed by atoms with Crippen molar-refractivity contribution in [3.63, 3.8) is 0 Å². The molecule has 8 nitrogen and oxygen atoms in total. The van der Waals surface area contributed by atoms with Gasteiger partial charge in [-0.3, -0.25) is 14.4 Å². The van der Waals surface area contributed by atoms with Gasteiger partial charge < -0.3 is 9.64 Å². The highest BCUT2D eigenvalue weighted by Crippen LogP contribution is 2.36. The van der Waals surface area contributed by atoms with Crippen molar-refractivity contribution in [1.82, 2.24) is 9.88 Å². The number of imide groups is 1. The Kier molecular flexibility index (Phi) is 8.99. The smallest absolute Gasteiger partial charge is 0.257 e. The van der Waals surface area contributed by atoms with Gasteiger partial charge in [0.15, 0.2) is 0 Å². The first-order chi connectivity index (χ1) is 21.5. The van der Waals surface area contributed by atoms with E-state index in [-0.39, 0.29) is 35.9 Å². The monoisotopic (exact) mass is 608 g/mol. The number of benzene rings is 2. The lowest BCUT2D eigenvalue weighted by Crippen LogP contribution is -2.52. The zero-order chi connectivity index (χ0) is 30.6. The molecule has 2 aromatic carbocycles. The normalized spacial score (nSPS) is 20.2. The van der Waals surface area contributed by atoms with Crippen molar-refractivity contribution < 1.29 is 19.1 Å². The molecule has 2 heterocycles. The molecule has 6 rings (SSSR count). The molecule has 1 saturated heterocycles. The van der Waals surface area contributed by atoms with E-state index in [1.165, 1.54) is 22.2 Å². The van der Waals surface area contributed by atoms with Crippen LogP contribution in [0, 0.1) is 11.3 Å². The number of hydrogen-bond acceptors (Lipinski definition) is 7. The Bertz CT molecular complexity index is 1580. The Balaban J connectivity index is 1.20. The molecule has 3 amide bonds. The fourth-order valence-electron chi connectivity index (χ4n) is 6.88. The zero-order valence-electron chi connectivity index (χ0n) is 24.9. The van der Waals surface area contributed by atoms with Gasteiger partial charge in [-0.1, -0.05) is 61.4 Å². The summed E-state index contributed by atoms with van der Waals surface area (Å²) in [5.41, 5.74) is 4.32. The Hall–Kier alpha value is -4.16. The number of thioether (sulfide) groups is 1. The van der Waals surface area contributed by atoms with Crippen LogP contribution in [0.4, 0.5) is 5.69 Å². The van der Waals surface area contributed by atoms with Crippen LogP contribution < -0.4 is 9.64 Å². The van der Waals surface area contributed by atoms with Crippen molar-refractivity contribution in [2.75, 3.05) is 17.8 Å². The molecule has 2 atom stereocenters. The van der Waals surface area contributed by atoms with E-state index in [1.807, 2.05) is 12.1 Å². The third-order valence-corrected chi connectivity index (χ3v) is 10.1. The fourth-order valence-corrected chi connectivity index (χ4v) is 7.72. The molecular weight excluding hydrogens is 572 g/mol. The Labute approximate surface area is 262 Å². The van der Waals surface area contributed by atoms with Crippen LogP contribution in [0.15, 0.2) is 65.7 Å². The van der Waals surface area contributed by atoms with Crippen LogP contribution in [-0.4, -0.2) is 52.6 Å². The summed E-state index contributed by atoms with van der Waals surface area (Å²) in [5, 5.41) is 10.5. The van der Waals surface area contributed by atoms with Gasteiger partial charge in [-0.2, -0.15) is 5.26 Å². The van der Waals surface area contributed by atoms with Gasteiger partial charge in [0.25, 0.3) is 5.91 Å². The number of rotatable bonds is 8. The van der Waals surface area contributed by atoms with Crippen LogP contribution in [0.2, 0.25) is 0 Å². The van der Waals surface area contributed by atoms with Crippen LogP contribution in [0.3, 0.4) is 0 Å². The van der Waals surface area contributed by atoms with Gasteiger partial charge in [-0.25, -0.2) is 9.88 Å². The van der Waals surface area contributed by atoms with Crippen LogP contribution in [-0.2, 0) is 27.2 Å². The van der Waals surface area contributed by atoms with Crippen LogP contribution in [0.5, 0.6) is 5.75 Å². The number of anilines is 1. The molecule has 3 aromatic rings. The number of fused-ring (bicyclic) bond motifs is 1. The Morgan fingerprint density at radius 3 is 2.50 bits per heavy atom. The molecule has 0 radical (unpaired) electrons. The summed E-state index contributed by atoms with van der Waals surface area (Å²) in [6.45, 7) is 0. The van der Waals surface area contributed by atoms with Gasteiger partial charge in [-0.05, 0) is 79.5 Å². The number of aryl methyl sites for hydroxylation is 1. The minimum absolute atomic E-state index is 0.0408. The highest BCUT2D eigenvalue weighted by Gasteiger charge is 2.46. The van der Waals surface area contributed by atoms with Gasteiger partial charge in [0.05, 0.1) is 30.5 Å². The summed E-state index contributed by atoms with van der Waals surface area (Å²) in [5.74, 6) is 0.181. The zero-order valence-corrected chi connectivity index (χ0v) is 25.7. The summed E-state index contributed by atoms with van der Waals surface area (Å²) in [6.07, 6.45) is 7.26. The predicted octanol–water partition coefficient (Wildman–Crippen LogP) is 5.82. The van der Waals surface area contributed by atoms with Crippen molar-refractivity contribution in [2.24, 2.45) is 0 Å². The maximum absolute atomic E-state index is 14.0. The molecular formula is C35H36N4O4S. The molecule has 44 heavy (non-hydrogen) atoms. The van der Waals surface area contributed by atoms with Gasteiger partial charge in [0, 0.05) is 11.7 Å². The van der Waals surface area contributed by atoms with Crippen LogP contribution in [0.1, 0.15) is 73.2 Å². The molecule has 0 spiro atoms. The lowest BCUT2D eigenvalue weighted by atomic mass is 9.82. The highest BCUT2D eigenvalue weighted by molar-refractivity contribution is 8.00. The molecule has 0 N–H and O–H groups in total. The van der Waals surface area contributed by atoms with Crippen molar-refractivity contribution in [3.8, 4) is 11.8 Å². The Morgan fingerprint density at radius 1 is 1.05 bits per heavy atom. The molecule has 1 saturated carbocycles. The standard InChI is InChI=1S/C35H36N4O4S/c1-43-29-15-13-28(14-16-29)39-32(40)20-31(35(39)42)38(27-10-6-3-7-11-27)33(41)22-44-34-26(21-36)19-25-18-24(12-17-30(25)37-34)23-8-4-2-5-9-23/h2,4-5,8-9,13-16,19,24,27,31H,3,6-7,10-12,17-18,20,22H2,1H3. The molecule has 2 aliphatic carbocycles. The average molecular weight is 609 g/mol. The van der Waals surface area contributed by atoms with E-state index in [2.05, 4.69) is 30.3 Å². The number of nitriles is 1. The third-order valence-electron chi connectivity index (χ3n) is 9.12. The SMILES string of the molecule is COc1ccc(N2C(=O)CC(N(C(=O)CSc3nc4c(cc3C#N)CC(c3ccccc3)CC4)C3CCCCC3)C2=O)cc1. The van der Waals surface area contributed by atoms with Crippen LogP contribution >= 0.6 is 11.8 Å². The quantitative estimate of drug-likeness (QED) is 0.235. The summed E-state index contributed by atoms with van der Waals surface area (Å²) < 4.78 is 5.22. The van der Waals surface area contributed by atoms with E-state index in [1.54, 1.807) is 36.3 Å².